The molecule has 0 N–H and O–H groups in total. The van der Waals surface area contributed by atoms with Crippen LogP contribution in [0.25, 0.3) is 6.08 Å². The smallest absolute Gasteiger partial charge is 0.266 e. The van der Waals surface area contributed by atoms with E-state index in [0.29, 0.717) is 28.1 Å². The van der Waals surface area contributed by atoms with Crippen molar-refractivity contribution in [1.82, 2.24) is 4.90 Å². The van der Waals surface area contributed by atoms with E-state index in [1.54, 1.807) is 12.0 Å². The lowest BCUT2D eigenvalue weighted by Gasteiger charge is -2.14. The minimum Gasteiger partial charge on any atom is -0.493 e. The molecule has 3 rings (SSSR count). The second kappa shape index (κ2) is 9.18. The number of thioether (sulfide) groups is 1. The van der Waals surface area contributed by atoms with Crippen LogP contribution in [0.3, 0.4) is 0 Å². The zero-order chi connectivity index (χ0) is 21.0. The fourth-order valence-electron chi connectivity index (χ4n) is 2.94. The summed E-state index contributed by atoms with van der Waals surface area (Å²) in [6.45, 7) is 8.48. The number of rotatable bonds is 6. The molecule has 0 saturated carbocycles. The lowest BCUT2D eigenvalue weighted by Crippen LogP contribution is -2.28. The van der Waals surface area contributed by atoms with Crippen LogP contribution in [0.15, 0.2) is 52.4 Å². The van der Waals surface area contributed by atoms with Gasteiger partial charge in [0.1, 0.15) is 0 Å². The van der Waals surface area contributed by atoms with Crippen LogP contribution in [0.1, 0.15) is 31.9 Å². The van der Waals surface area contributed by atoms with E-state index >= 15 is 0 Å². The molecule has 0 spiro atoms. The van der Waals surface area contributed by atoms with E-state index in [1.165, 1.54) is 11.8 Å². The summed E-state index contributed by atoms with van der Waals surface area (Å²) in [4.78, 5) is 20.0. The van der Waals surface area contributed by atoms with Gasteiger partial charge in [-0.15, -0.1) is 0 Å². The van der Waals surface area contributed by atoms with Crippen molar-refractivity contribution < 1.29 is 14.3 Å². The summed E-state index contributed by atoms with van der Waals surface area (Å²) in [5.41, 5.74) is 2.83. The predicted octanol–water partition coefficient (Wildman–Crippen LogP) is 5.41. The van der Waals surface area contributed by atoms with Gasteiger partial charge in [-0.3, -0.25) is 9.69 Å². The zero-order valence-corrected chi connectivity index (χ0v) is 18.2. The van der Waals surface area contributed by atoms with Crippen molar-refractivity contribution in [2.45, 2.75) is 33.8 Å². The molecular weight excluding hydrogens is 384 g/mol. The van der Waals surface area contributed by atoms with Crippen LogP contribution in [0.5, 0.6) is 11.5 Å². The maximum atomic E-state index is 12.9. The predicted molar refractivity (Wildman–Crippen MR) is 120 cm³/mol. The highest BCUT2D eigenvalue weighted by molar-refractivity contribution is 8.18. The van der Waals surface area contributed by atoms with Crippen LogP contribution < -0.4 is 9.47 Å². The van der Waals surface area contributed by atoms with E-state index in [4.69, 9.17) is 14.5 Å². The van der Waals surface area contributed by atoms with E-state index in [2.05, 4.69) is 0 Å². The molecule has 1 aliphatic rings. The van der Waals surface area contributed by atoms with Crippen molar-refractivity contribution >= 4 is 34.6 Å². The Balaban J connectivity index is 1.92. The molecule has 2 aromatic carbocycles. The Morgan fingerprint density at radius 1 is 1.17 bits per heavy atom. The van der Waals surface area contributed by atoms with Gasteiger partial charge >= 0.3 is 0 Å². The number of para-hydroxylation sites is 1. The first-order valence-electron chi connectivity index (χ1n) is 9.63. The normalized spacial score (nSPS) is 16.9. The number of benzene rings is 2. The molecule has 0 aromatic heterocycles. The molecule has 1 fully saturated rings. The SMILES string of the molecule is CCN1C(=O)/C(=C\c2ccc(OC(C)C)c(OC)c2)SC1=Nc1ccccc1C. The fraction of sp³-hybridized carbons (Fsp3) is 0.304. The Labute approximate surface area is 176 Å². The van der Waals surface area contributed by atoms with Gasteiger partial charge in [-0.1, -0.05) is 24.3 Å². The van der Waals surface area contributed by atoms with Gasteiger partial charge in [0, 0.05) is 6.54 Å². The van der Waals surface area contributed by atoms with Gasteiger partial charge < -0.3 is 9.47 Å². The van der Waals surface area contributed by atoms with E-state index in [1.807, 2.05) is 76.2 Å². The fourth-order valence-corrected chi connectivity index (χ4v) is 3.99. The zero-order valence-electron chi connectivity index (χ0n) is 17.4. The second-order valence-electron chi connectivity index (χ2n) is 6.92. The standard InChI is InChI=1S/C23H26N2O3S/c1-6-25-22(26)21(29-23(25)24-18-10-8-7-9-16(18)4)14-17-11-12-19(28-15(2)3)20(13-17)27-5/h7-15H,6H2,1-5H3/b21-14+,24-23?. The number of ether oxygens (including phenoxy) is 2. The molecule has 152 valence electrons. The Kier molecular flexibility index (Phi) is 6.64. The molecule has 29 heavy (non-hydrogen) atoms. The molecule has 0 unspecified atom stereocenters. The maximum absolute atomic E-state index is 12.9. The topological polar surface area (TPSA) is 51.1 Å². The van der Waals surface area contributed by atoms with Crippen LogP contribution in [-0.2, 0) is 4.79 Å². The molecule has 5 nitrogen and oxygen atoms in total. The average molecular weight is 411 g/mol. The summed E-state index contributed by atoms with van der Waals surface area (Å²) in [6, 6.07) is 13.6. The first kappa shape index (κ1) is 21.0. The number of carbonyl (C=O) groups excluding carboxylic acids is 1. The maximum Gasteiger partial charge on any atom is 0.266 e. The summed E-state index contributed by atoms with van der Waals surface area (Å²) in [5.74, 6) is 1.29. The van der Waals surface area contributed by atoms with E-state index < -0.39 is 0 Å². The molecule has 1 aliphatic heterocycles. The van der Waals surface area contributed by atoms with Crippen molar-refractivity contribution in [2.24, 2.45) is 4.99 Å². The minimum absolute atomic E-state index is 0.0358. The number of likely N-dealkylation sites (N-methyl/N-ethyl adjacent to an activating group) is 1. The third-order valence-electron chi connectivity index (χ3n) is 4.38. The Bertz CT molecular complexity index is 966. The van der Waals surface area contributed by atoms with Gasteiger partial charge in [-0.2, -0.15) is 0 Å². The van der Waals surface area contributed by atoms with Gasteiger partial charge in [-0.05, 0) is 74.9 Å². The molecule has 2 aromatic rings. The molecule has 1 saturated heterocycles. The van der Waals surface area contributed by atoms with Crippen molar-refractivity contribution in [3.05, 3.63) is 58.5 Å². The van der Waals surface area contributed by atoms with Crippen molar-refractivity contribution in [3.8, 4) is 11.5 Å². The molecule has 0 aliphatic carbocycles. The first-order chi connectivity index (χ1) is 13.9. The summed E-state index contributed by atoms with van der Waals surface area (Å²) >= 11 is 1.39. The number of methoxy groups -OCH3 is 1. The molecule has 0 atom stereocenters. The number of nitrogens with zero attached hydrogens (tertiary/aromatic N) is 2. The van der Waals surface area contributed by atoms with Gasteiger partial charge in [0.15, 0.2) is 16.7 Å². The summed E-state index contributed by atoms with van der Waals surface area (Å²) in [5, 5.41) is 0.699. The highest BCUT2D eigenvalue weighted by Gasteiger charge is 2.32. The number of aliphatic imine (C=N–C) groups is 1. The first-order valence-corrected chi connectivity index (χ1v) is 10.4. The van der Waals surface area contributed by atoms with Gasteiger partial charge in [0.05, 0.1) is 23.8 Å². The monoisotopic (exact) mass is 410 g/mol. The quantitative estimate of drug-likeness (QED) is 0.597. The lowest BCUT2D eigenvalue weighted by atomic mass is 10.2. The number of amides is 1. The minimum atomic E-state index is -0.0358. The van der Waals surface area contributed by atoms with Crippen molar-refractivity contribution in [2.75, 3.05) is 13.7 Å². The molecule has 6 heteroatoms. The number of aryl methyl sites for hydroxylation is 1. The van der Waals surface area contributed by atoms with Crippen molar-refractivity contribution in [1.29, 1.82) is 0 Å². The highest BCUT2D eigenvalue weighted by Crippen LogP contribution is 2.36. The Hall–Kier alpha value is -2.73. The largest absolute Gasteiger partial charge is 0.493 e. The van der Waals surface area contributed by atoms with E-state index in [-0.39, 0.29) is 12.0 Å². The van der Waals surface area contributed by atoms with Gasteiger partial charge in [0.2, 0.25) is 0 Å². The average Bonchev–Trinajstić information content (AvgIpc) is 2.98. The van der Waals surface area contributed by atoms with E-state index in [9.17, 15) is 4.79 Å². The number of hydrogen-bond donors (Lipinski definition) is 0. The number of hydrogen-bond acceptors (Lipinski definition) is 5. The second-order valence-corrected chi connectivity index (χ2v) is 7.93. The summed E-state index contributed by atoms with van der Waals surface area (Å²) in [6.07, 6.45) is 1.93. The summed E-state index contributed by atoms with van der Waals surface area (Å²) < 4.78 is 11.2. The van der Waals surface area contributed by atoms with E-state index in [0.717, 1.165) is 16.8 Å². The molecule has 1 amide bonds. The molecule has 0 radical (unpaired) electrons. The van der Waals surface area contributed by atoms with Crippen molar-refractivity contribution in [3.63, 3.8) is 0 Å². The van der Waals surface area contributed by atoms with Crippen LogP contribution in [0.4, 0.5) is 5.69 Å². The number of amidine groups is 1. The summed E-state index contributed by atoms with van der Waals surface area (Å²) in [7, 11) is 1.61. The number of carbonyl (C=O) groups is 1. The molecule has 0 bridgehead atoms. The third-order valence-corrected chi connectivity index (χ3v) is 5.39. The Morgan fingerprint density at radius 2 is 1.93 bits per heavy atom. The van der Waals surface area contributed by atoms with Crippen LogP contribution in [0, 0.1) is 6.92 Å². The molecular formula is C23H26N2O3S. The molecule has 1 heterocycles. The van der Waals surface area contributed by atoms with Crippen LogP contribution in [-0.4, -0.2) is 35.7 Å². The van der Waals surface area contributed by atoms with Crippen LogP contribution in [0.2, 0.25) is 0 Å². The third kappa shape index (κ3) is 4.82. The van der Waals surface area contributed by atoms with Gasteiger partial charge in [-0.25, -0.2) is 4.99 Å². The Morgan fingerprint density at radius 3 is 2.59 bits per heavy atom. The highest BCUT2D eigenvalue weighted by atomic mass is 32.2. The van der Waals surface area contributed by atoms with Crippen LogP contribution >= 0.6 is 11.8 Å². The lowest BCUT2D eigenvalue weighted by molar-refractivity contribution is -0.122. The van der Waals surface area contributed by atoms with Gasteiger partial charge in [0.25, 0.3) is 5.91 Å².